The van der Waals surface area contributed by atoms with Crippen molar-refractivity contribution in [3.8, 4) is 0 Å². The van der Waals surface area contributed by atoms with Gasteiger partial charge >= 0.3 is 12.6 Å². The molecule has 1 aromatic rings. The number of hydrogen-bond acceptors (Lipinski definition) is 4. The van der Waals surface area contributed by atoms with Crippen LogP contribution in [0.3, 0.4) is 0 Å². The van der Waals surface area contributed by atoms with E-state index in [1.165, 1.54) is 6.92 Å². The Labute approximate surface area is 152 Å². The summed E-state index contributed by atoms with van der Waals surface area (Å²) < 4.78 is 31.2. The second kappa shape index (κ2) is 10.1. The van der Waals surface area contributed by atoms with E-state index in [0.29, 0.717) is 28.3 Å². The molecular formula is C17H28F2N4O3. The lowest BCUT2D eigenvalue weighted by Gasteiger charge is -2.20. The first-order chi connectivity index (χ1) is 12.1. The van der Waals surface area contributed by atoms with Crippen molar-refractivity contribution in [2.75, 3.05) is 13.2 Å². The number of nitrogens with zero attached hydrogens (tertiary/aromatic N) is 2. The van der Waals surface area contributed by atoms with Crippen molar-refractivity contribution in [2.24, 2.45) is 5.92 Å². The Morgan fingerprint density at radius 2 is 1.92 bits per heavy atom. The summed E-state index contributed by atoms with van der Waals surface area (Å²) in [4.78, 5) is 23.8. The van der Waals surface area contributed by atoms with E-state index < -0.39 is 12.6 Å². The van der Waals surface area contributed by atoms with Crippen molar-refractivity contribution in [3.63, 3.8) is 0 Å². The molecule has 0 radical (unpaired) electrons. The maximum absolute atomic E-state index is 12.9. The van der Waals surface area contributed by atoms with Gasteiger partial charge in [0.25, 0.3) is 0 Å². The molecule has 0 aromatic carbocycles. The molecule has 0 aliphatic carbocycles. The van der Waals surface area contributed by atoms with E-state index in [2.05, 4.69) is 15.7 Å². The van der Waals surface area contributed by atoms with Crippen molar-refractivity contribution >= 4 is 12.0 Å². The SMILES string of the molecule is CCOC(=O)N[C@@H](CNC(=O)Cc1c(C)nn(C(F)F)c1C)CC(C)C. The van der Waals surface area contributed by atoms with Gasteiger partial charge in [0.1, 0.15) is 0 Å². The van der Waals surface area contributed by atoms with E-state index in [1.54, 1.807) is 13.8 Å². The topological polar surface area (TPSA) is 85.2 Å². The number of rotatable bonds is 9. The summed E-state index contributed by atoms with van der Waals surface area (Å²) in [5.41, 5.74) is 1.17. The van der Waals surface area contributed by atoms with Gasteiger partial charge in [0.15, 0.2) is 0 Å². The zero-order chi connectivity index (χ0) is 19.9. The number of ether oxygens (including phenoxy) is 1. The largest absolute Gasteiger partial charge is 0.450 e. The predicted octanol–water partition coefficient (Wildman–Crippen LogP) is 2.71. The molecule has 0 fully saturated rings. The molecule has 1 rings (SSSR count). The number of halogens is 2. The lowest BCUT2D eigenvalue weighted by molar-refractivity contribution is -0.120. The number of alkyl carbamates (subject to hydrolysis) is 1. The molecule has 9 heteroatoms. The second-order valence-corrected chi connectivity index (χ2v) is 6.54. The highest BCUT2D eigenvalue weighted by molar-refractivity contribution is 5.79. The van der Waals surface area contributed by atoms with Crippen LogP contribution >= 0.6 is 0 Å². The predicted molar refractivity (Wildman–Crippen MR) is 93.1 cm³/mol. The summed E-state index contributed by atoms with van der Waals surface area (Å²) >= 11 is 0. The molecule has 0 saturated heterocycles. The van der Waals surface area contributed by atoms with Crippen molar-refractivity contribution < 1.29 is 23.1 Å². The minimum atomic E-state index is -2.74. The van der Waals surface area contributed by atoms with Gasteiger partial charge in [-0.05, 0) is 33.1 Å². The number of amides is 2. The quantitative estimate of drug-likeness (QED) is 0.696. The summed E-state index contributed by atoms with van der Waals surface area (Å²) in [6, 6.07) is -0.274. The van der Waals surface area contributed by atoms with Gasteiger partial charge < -0.3 is 15.4 Å². The number of aryl methyl sites for hydroxylation is 1. The van der Waals surface area contributed by atoms with E-state index in [-0.39, 0.29) is 37.2 Å². The van der Waals surface area contributed by atoms with Gasteiger partial charge in [-0.15, -0.1) is 0 Å². The van der Waals surface area contributed by atoms with Gasteiger partial charge in [0, 0.05) is 23.8 Å². The first-order valence-electron chi connectivity index (χ1n) is 8.68. The summed E-state index contributed by atoms with van der Waals surface area (Å²) in [5, 5.41) is 9.23. The molecule has 0 unspecified atom stereocenters. The molecule has 2 N–H and O–H groups in total. The highest BCUT2D eigenvalue weighted by Crippen LogP contribution is 2.19. The zero-order valence-electron chi connectivity index (χ0n) is 15.9. The van der Waals surface area contributed by atoms with Gasteiger partial charge in [0.05, 0.1) is 18.7 Å². The minimum absolute atomic E-state index is 0.0435. The molecule has 2 amide bonds. The molecule has 0 bridgehead atoms. The van der Waals surface area contributed by atoms with Crippen LogP contribution in [0.4, 0.5) is 13.6 Å². The van der Waals surface area contributed by atoms with Gasteiger partial charge in [-0.2, -0.15) is 13.9 Å². The monoisotopic (exact) mass is 374 g/mol. The number of hydrogen-bond donors (Lipinski definition) is 2. The maximum Gasteiger partial charge on any atom is 0.407 e. The Kier molecular flexibility index (Phi) is 8.47. The summed E-state index contributed by atoms with van der Waals surface area (Å²) in [7, 11) is 0. The Hall–Kier alpha value is -2.19. The fraction of sp³-hybridized carbons (Fsp3) is 0.706. The molecule has 148 valence electrons. The van der Waals surface area contributed by atoms with Crippen molar-refractivity contribution in [1.82, 2.24) is 20.4 Å². The third kappa shape index (κ3) is 6.61. The molecular weight excluding hydrogens is 346 g/mol. The number of carbonyl (C=O) groups is 2. The van der Waals surface area contributed by atoms with E-state index in [9.17, 15) is 18.4 Å². The molecule has 0 aliphatic rings. The second-order valence-electron chi connectivity index (χ2n) is 6.54. The van der Waals surface area contributed by atoms with Crippen molar-refractivity contribution in [2.45, 2.75) is 60.1 Å². The standard InChI is InChI=1S/C17H28F2N4O3/c1-6-26-17(25)21-13(7-10(2)3)9-20-15(24)8-14-11(4)22-23(12(14)5)16(18)19/h10,13,16H,6-9H2,1-5H3,(H,20,24)(H,21,25)/t13-/m1/s1. The molecule has 26 heavy (non-hydrogen) atoms. The van der Waals surface area contributed by atoms with Crippen LogP contribution in [0.5, 0.6) is 0 Å². The van der Waals surface area contributed by atoms with Crippen LogP contribution in [-0.2, 0) is 16.0 Å². The number of aromatic nitrogens is 2. The molecule has 1 heterocycles. The van der Waals surface area contributed by atoms with Crippen LogP contribution in [0.1, 0.15) is 50.7 Å². The highest BCUT2D eigenvalue weighted by Gasteiger charge is 2.20. The average molecular weight is 374 g/mol. The maximum atomic E-state index is 12.9. The van der Waals surface area contributed by atoms with Crippen LogP contribution in [0, 0.1) is 19.8 Å². The van der Waals surface area contributed by atoms with Crippen LogP contribution in [0.25, 0.3) is 0 Å². The molecule has 1 aromatic heterocycles. The van der Waals surface area contributed by atoms with E-state index in [0.717, 1.165) is 0 Å². The molecule has 0 saturated carbocycles. The third-order valence-electron chi connectivity index (χ3n) is 3.90. The minimum Gasteiger partial charge on any atom is -0.450 e. The number of nitrogens with one attached hydrogen (secondary N) is 2. The third-order valence-corrected chi connectivity index (χ3v) is 3.90. The molecule has 0 spiro atoms. The van der Waals surface area contributed by atoms with Crippen LogP contribution in [-0.4, -0.2) is 41.0 Å². The normalized spacial score (nSPS) is 12.3. The van der Waals surface area contributed by atoms with Crippen LogP contribution in [0.2, 0.25) is 0 Å². The van der Waals surface area contributed by atoms with Gasteiger partial charge in [0.2, 0.25) is 5.91 Å². The summed E-state index contributed by atoms with van der Waals surface area (Å²) in [6.45, 7) is 6.59. The lowest BCUT2D eigenvalue weighted by Crippen LogP contribution is -2.45. The van der Waals surface area contributed by atoms with E-state index in [4.69, 9.17) is 4.74 Å². The Morgan fingerprint density at radius 3 is 2.42 bits per heavy atom. The van der Waals surface area contributed by atoms with Gasteiger partial charge in [-0.3, -0.25) is 4.79 Å². The highest BCUT2D eigenvalue weighted by atomic mass is 19.3. The summed E-state index contributed by atoms with van der Waals surface area (Å²) in [6.07, 6.45) is 0.0934. The van der Waals surface area contributed by atoms with E-state index >= 15 is 0 Å². The Bertz CT molecular complexity index is 617. The molecule has 0 aliphatic heterocycles. The Balaban J connectivity index is 2.66. The summed E-state index contributed by atoms with van der Waals surface area (Å²) in [5.74, 6) is -0.00276. The van der Waals surface area contributed by atoms with Gasteiger partial charge in [-0.1, -0.05) is 13.8 Å². The molecule has 1 atom stereocenters. The fourth-order valence-corrected chi connectivity index (χ4v) is 2.70. The number of carbonyl (C=O) groups excluding carboxylic acids is 2. The fourth-order valence-electron chi connectivity index (χ4n) is 2.70. The van der Waals surface area contributed by atoms with Gasteiger partial charge in [-0.25, -0.2) is 9.48 Å². The van der Waals surface area contributed by atoms with Crippen molar-refractivity contribution in [3.05, 3.63) is 17.0 Å². The smallest absolute Gasteiger partial charge is 0.407 e. The van der Waals surface area contributed by atoms with Crippen LogP contribution in [0.15, 0.2) is 0 Å². The molecule has 7 nitrogen and oxygen atoms in total. The first-order valence-corrected chi connectivity index (χ1v) is 8.68. The van der Waals surface area contributed by atoms with E-state index in [1.807, 2.05) is 13.8 Å². The van der Waals surface area contributed by atoms with Crippen LogP contribution < -0.4 is 10.6 Å². The first kappa shape index (κ1) is 21.9. The van der Waals surface area contributed by atoms with Crippen molar-refractivity contribution in [1.29, 1.82) is 0 Å². The Morgan fingerprint density at radius 1 is 1.27 bits per heavy atom. The number of alkyl halides is 2. The lowest BCUT2D eigenvalue weighted by atomic mass is 10.0. The zero-order valence-corrected chi connectivity index (χ0v) is 15.9. The average Bonchev–Trinajstić information content (AvgIpc) is 2.80.